The van der Waals surface area contributed by atoms with Gasteiger partial charge < -0.3 is 14.2 Å². The quantitative estimate of drug-likeness (QED) is 0.0261. The topological polar surface area (TPSA) is 78.9 Å². The van der Waals surface area contributed by atoms with Crippen LogP contribution in [0.5, 0.6) is 0 Å². The molecule has 0 radical (unpaired) electrons. The van der Waals surface area contributed by atoms with Crippen molar-refractivity contribution in [2.45, 2.75) is 309 Å². The molecule has 410 valence electrons. The van der Waals surface area contributed by atoms with Crippen LogP contribution in [0, 0.1) is 0 Å². The fraction of sp³-hybridized carbons (Fsp3) is 0.769. The van der Waals surface area contributed by atoms with Crippen LogP contribution in [0.15, 0.2) is 72.9 Å². The summed E-state index contributed by atoms with van der Waals surface area (Å²) in [6, 6.07) is 0. The predicted octanol–water partition coefficient (Wildman–Crippen LogP) is 20.5. The first kappa shape index (κ1) is 67.8. The fourth-order valence-electron chi connectivity index (χ4n) is 8.71. The van der Waals surface area contributed by atoms with E-state index in [1.165, 1.54) is 180 Å². The highest BCUT2D eigenvalue weighted by Gasteiger charge is 2.19. The molecule has 6 nitrogen and oxygen atoms in total. The zero-order valence-corrected chi connectivity index (χ0v) is 47.0. The number of hydrogen-bond donors (Lipinski definition) is 0. The minimum absolute atomic E-state index is 0.0942. The summed E-state index contributed by atoms with van der Waals surface area (Å²) in [4.78, 5) is 38.2. The summed E-state index contributed by atoms with van der Waals surface area (Å²) in [5, 5.41) is 0. The minimum Gasteiger partial charge on any atom is -0.462 e. The molecule has 0 amide bonds. The van der Waals surface area contributed by atoms with Gasteiger partial charge in [-0.1, -0.05) is 299 Å². The van der Waals surface area contributed by atoms with Crippen molar-refractivity contribution in [1.82, 2.24) is 0 Å². The minimum atomic E-state index is -0.803. The Kier molecular flexibility index (Phi) is 56.8. The van der Waals surface area contributed by atoms with Crippen molar-refractivity contribution in [2.75, 3.05) is 13.2 Å². The molecule has 0 spiro atoms. The van der Waals surface area contributed by atoms with Gasteiger partial charge in [0.05, 0.1) is 0 Å². The highest BCUT2D eigenvalue weighted by Crippen LogP contribution is 2.17. The molecule has 0 aliphatic heterocycles. The van der Waals surface area contributed by atoms with Gasteiger partial charge in [0.1, 0.15) is 13.2 Å². The van der Waals surface area contributed by atoms with Gasteiger partial charge in [0.2, 0.25) is 0 Å². The maximum absolute atomic E-state index is 12.9. The Hall–Kier alpha value is -3.15. The van der Waals surface area contributed by atoms with Crippen LogP contribution in [0.3, 0.4) is 0 Å². The lowest BCUT2D eigenvalue weighted by Crippen LogP contribution is -2.30. The molecule has 0 heterocycles. The van der Waals surface area contributed by atoms with E-state index in [0.29, 0.717) is 19.3 Å². The van der Waals surface area contributed by atoms with E-state index < -0.39 is 6.10 Å². The molecule has 0 aliphatic carbocycles. The molecule has 0 saturated heterocycles. The molecule has 71 heavy (non-hydrogen) atoms. The fourth-order valence-corrected chi connectivity index (χ4v) is 8.71. The van der Waals surface area contributed by atoms with E-state index >= 15 is 0 Å². The summed E-state index contributed by atoms with van der Waals surface area (Å²) in [7, 11) is 0. The highest BCUT2D eigenvalue weighted by atomic mass is 16.6. The zero-order chi connectivity index (χ0) is 51.4. The second-order valence-electron chi connectivity index (χ2n) is 20.2. The van der Waals surface area contributed by atoms with Crippen molar-refractivity contribution in [2.24, 2.45) is 0 Å². The van der Waals surface area contributed by atoms with E-state index in [4.69, 9.17) is 14.2 Å². The Morgan fingerprint density at radius 2 is 0.549 bits per heavy atom. The summed E-state index contributed by atoms with van der Waals surface area (Å²) in [5.41, 5.74) is 0. The second-order valence-corrected chi connectivity index (χ2v) is 20.2. The molecule has 6 heteroatoms. The molecule has 0 fully saturated rings. The predicted molar refractivity (Wildman–Crippen MR) is 307 cm³/mol. The van der Waals surface area contributed by atoms with Gasteiger partial charge in [-0.25, -0.2) is 0 Å². The molecule has 0 aromatic heterocycles. The molecule has 0 aromatic carbocycles. The van der Waals surface area contributed by atoms with Gasteiger partial charge in [0.25, 0.3) is 0 Å². The zero-order valence-electron chi connectivity index (χ0n) is 47.0. The molecule has 0 saturated carbocycles. The van der Waals surface area contributed by atoms with E-state index in [1.54, 1.807) is 0 Å². The van der Waals surface area contributed by atoms with Crippen molar-refractivity contribution in [3.05, 3.63) is 72.9 Å². The number of unbranched alkanes of at least 4 members (excludes halogenated alkanes) is 32. The van der Waals surface area contributed by atoms with Crippen LogP contribution in [-0.2, 0) is 28.6 Å². The summed E-state index contributed by atoms with van der Waals surface area (Å²) >= 11 is 0. The molecule has 0 N–H and O–H groups in total. The number of rotatable bonds is 55. The van der Waals surface area contributed by atoms with Crippen LogP contribution in [0.2, 0.25) is 0 Å². The number of allylic oxidation sites excluding steroid dienone is 12. The van der Waals surface area contributed by atoms with Gasteiger partial charge in [-0.2, -0.15) is 0 Å². The smallest absolute Gasteiger partial charge is 0.306 e. The normalized spacial score (nSPS) is 12.5. The SMILES string of the molecule is CC/C=C\C/C=C\C/C=C\C/C=C\C/C=C\C/C=C\CCC(=O)OCC(COC(=O)CCCCCCCCCCCCCCCCCCC)OC(=O)CCCCCCCCCCCCCCCCCCC. The van der Waals surface area contributed by atoms with Crippen molar-refractivity contribution in [3.8, 4) is 0 Å². The lowest BCUT2D eigenvalue weighted by Gasteiger charge is -2.18. The van der Waals surface area contributed by atoms with Crippen LogP contribution in [0.1, 0.15) is 303 Å². The summed E-state index contributed by atoms with van der Waals surface area (Å²) in [6.45, 7) is 6.51. The van der Waals surface area contributed by atoms with E-state index in [0.717, 1.165) is 77.0 Å². The number of esters is 3. The first-order valence-electron chi connectivity index (χ1n) is 30.4. The Morgan fingerprint density at radius 1 is 0.296 bits per heavy atom. The average Bonchev–Trinajstić information content (AvgIpc) is 3.37. The molecule has 0 aromatic rings. The van der Waals surface area contributed by atoms with Gasteiger partial charge >= 0.3 is 17.9 Å². The Bertz CT molecular complexity index is 1320. The van der Waals surface area contributed by atoms with Gasteiger partial charge in [-0.3, -0.25) is 14.4 Å². The molecule has 0 bridgehead atoms. The van der Waals surface area contributed by atoms with Gasteiger partial charge in [-0.05, 0) is 57.8 Å². The first-order chi connectivity index (χ1) is 35.0. The number of carbonyl (C=O) groups excluding carboxylic acids is 3. The lowest BCUT2D eigenvalue weighted by molar-refractivity contribution is -0.166. The molecular weight excluding hydrogens is 877 g/mol. The molecule has 1 unspecified atom stereocenters. The van der Waals surface area contributed by atoms with Crippen LogP contribution in [0.25, 0.3) is 0 Å². The average molecular weight is 992 g/mol. The third-order valence-electron chi connectivity index (χ3n) is 13.2. The maximum Gasteiger partial charge on any atom is 0.306 e. The summed E-state index contributed by atoms with van der Waals surface area (Å²) in [6.07, 6.45) is 76.2. The summed E-state index contributed by atoms with van der Waals surface area (Å²) < 4.78 is 16.8. The van der Waals surface area contributed by atoms with Crippen LogP contribution in [-0.4, -0.2) is 37.2 Å². The third kappa shape index (κ3) is 57.6. The Labute approximate surface area is 440 Å². The maximum atomic E-state index is 12.9. The van der Waals surface area contributed by atoms with Gasteiger partial charge in [0, 0.05) is 19.3 Å². The van der Waals surface area contributed by atoms with Crippen molar-refractivity contribution >= 4 is 17.9 Å². The lowest BCUT2D eigenvalue weighted by atomic mass is 10.0. The molecular formula is C65H114O6. The number of carbonyl (C=O) groups is 3. The van der Waals surface area contributed by atoms with Crippen molar-refractivity contribution in [1.29, 1.82) is 0 Å². The second kappa shape index (κ2) is 59.4. The largest absolute Gasteiger partial charge is 0.462 e. The van der Waals surface area contributed by atoms with E-state index in [-0.39, 0.29) is 37.5 Å². The van der Waals surface area contributed by atoms with Gasteiger partial charge in [0.15, 0.2) is 6.10 Å². The van der Waals surface area contributed by atoms with E-state index in [1.807, 2.05) is 6.08 Å². The van der Waals surface area contributed by atoms with Crippen molar-refractivity contribution < 1.29 is 28.6 Å². The van der Waals surface area contributed by atoms with Crippen LogP contribution >= 0.6 is 0 Å². The van der Waals surface area contributed by atoms with E-state index in [2.05, 4.69) is 87.6 Å². The van der Waals surface area contributed by atoms with Crippen LogP contribution < -0.4 is 0 Å². The standard InChI is InChI=1S/C65H114O6/c1-4-7-10-13-16-19-22-25-28-31-32-35-37-40-43-46-49-52-55-58-64(67)70-61-62(71-65(68)59-56-53-50-47-44-41-38-34-30-27-24-21-18-15-12-9-6-3)60-69-63(66)57-54-51-48-45-42-39-36-33-29-26-23-20-17-14-11-8-5-2/h7,10,16,19,25,28,32,35,40,43,49,52,62H,4-6,8-9,11-15,17-18,20-24,26-27,29-31,33-34,36-39,41-42,44-48,50-51,53-61H2,1-3H3/b10-7-,19-16-,28-25-,35-32-,43-40-,52-49-. The van der Waals surface area contributed by atoms with Crippen molar-refractivity contribution in [3.63, 3.8) is 0 Å². The number of hydrogen-bond acceptors (Lipinski definition) is 6. The third-order valence-corrected chi connectivity index (χ3v) is 13.2. The van der Waals surface area contributed by atoms with Crippen LogP contribution in [0.4, 0.5) is 0 Å². The first-order valence-corrected chi connectivity index (χ1v) is 30.4. The molecule has 1 atom stereocenters. The molecule has 0 aliphatic rings. The Balaban J connectivity index is 4.45. The van der Waals surface area contributed by atoms with E-state index in [9.17, 15) is 14.4 Å². The highest BCUT2D eigenvalue weighted by molar-refractivity contribution is 5.71. The molecule has 0 rings (SSSR count). The van der Waals surface area contributed by atoms with Gasteiger partial charge in [-0.15, -0.1) is 0 Å². The monoisotopic (exact) mass is 991 g/mol. The summed E-state index contributed by atoms with van der Waals surface area (Å²) in [5.74, 6) is -0.966. The number of ether oxygens (including phenoxy) is 3. The Morgan fingerprint density at radius 3 is 0.859 bits per heavy atom.